The van der Waals surface area contributed by atoms with Crippen molar-refractivity contribution in [2.75, 3.05) is 93.5 Å². The van der Waals surface area contributed by atoms with Crippen molar-refractivity contribution in [2.45, 2.75) is 0 Å². The lowest BCUT2D eigenvalue weighted by molar-refractivity contribution is 0.0177. The van der Waals surface area contributed by atoms with Gasteiger partial charge in [-0.15, -0.1) is 0 Å². The average molecular weight is 1010 g/mol. The molecule has 56 heavy (non-hydrogen) atoms. The molecule has 0 aliphatic heterocycles. The smallest absolute Gasteiger partial charge is 0.176 e. The largest absolute Gasteiger partial charge is 0.491 e. The predicted molar refractivity (Wildman–Crippen MR) is 222 cm³/mol. The average Bonchev–Trinajstić information content (AvgIpc) is 3.23. The normalized spacial score (nSPS) is 11.3. The molecule has 0 fully saturated rings. The molecule has 0 radical (unpaired) electrons. The van der Waals surface area contributed by atoms with Crippen molar-refractivity contribution in [3.8, 4) is 11.5 Å². The summed E-state index contributed by atoms with van der Waals surface area (Å²) in [5.41, 5.74) is 3.78. The van der Waals surface area contributed by atoms with Gasteiger partial charge in [0.15, 0.2) is 23.3 Å². The van der Waals surface area contributed by atoms with Crippen molar-refractivity contribution < 1.29 is 55.5 Å². The maximum atomic E-state index is 12.6. The Morgan fingerprint density at radius 3 is 1.09 bits per heavy atom. The molecule has 4 rings (SSSR count). The molecule has 2 heterocycles. The SMILES string of the molecule is COCCOCCOCCOc1cc(/C=C/c2ccncc2)c(OCCOCCOCCOC)cc1/C=C/c1ccncc1.Fc1c(F)c(I)c(F)c(F)c1I. The number of hydrogen-bond acceptors (Lipinski definition) is 10. The summed E-state index contributed by atoms with van der Waals surface area (Å²) in [4.78, 5) is 8.21. The van der Waals surface area contributed by atoms with Crippen LogP contribution in [0.1, 0.15) is 22.3 Å². The molecule has 0 amide bonds. The van der Waals surface area contributed by atoms with Crippen molar-refractivity contribution in [1.82, 2.24) is 9.97 Å². The molecule has 4 aromatic rings. The summed E-state index contributed by atoms with van der Waals surface area (Å²) < 4.78 is 93.9. The highest BCUT2D eigenvalue weighted by Gasteiger charge is 2.22. The van der Waals surface area contributed by atoms with Crippen LogP contribution in [-0.4, -0.2) is 103 Å². The van der Waals surface area contributed by atoms with Gasteiger partial charge in [-0.25, -0.2) is 17.6 Å². The van der Waals surface area contributed by atoms with Gasteiger partial charge in [-0.1, -0.05) is 24.3 Å². The lowest BCUT2D eigenvalue weighted by Crippen LogP contribution is -2.13. The molecule has 0 saturated heterocycles. The van der Waals surface area contributed by atoms with Crippen LogP contribution < -0.4 is 9.47 Å². The van der Waals surface area contributed by atoms with Gasteiger partial charge in [0.1, 0.15) is 24.7 Å². The first-order chi connectivity index (χ1) is 27.3. The number of halogens is 6. The van der Waals surface area contributed by atoms with Crippen molar-refractivity contribution in [3.63, 3.8) is 0 Å². The van der Waals surface area contributed by atoms with Gasteiger partial charge < -0.3 is 37.9 Å². The molecule has 0 atom stereocenters. The zero-order valence-corrected chi connectivity index (χ0v) is 35.3. The van der Waals surface area contributed by atoms with Crippen LogP contribution in [0.15, 0.2) is 61.2 Å². The standard InChI is InChI=1S/C34H44N2O8.C6F4I2/c1-37-15-17-39-19-21-41-23-25-43-33-27-32(6-4-30-9-13-36-14-10-30)34(44-26-24-42-22-20-40-18-16-38-2)28-31(33)5-3-29-7-11-35-12-8-29;7-1-2(8)6(12)4(10)3(9)5(1)11/h3-14,27-28H,15-26H2,1-2H3;/b5-3+,6-4+;. The number of nitrogens with zero attached hydrogens (tertiary/aromatic N) is 2. The van der Waals surface area contributed by atoms with E-state index < -0.39 is 30.4 Å². The Balaban J connectivity index is 0.000000595. The van der Waals surface area contributed by atoms with E-state index in [4.69, 9.17) is 37.9 Å². The lowest BCUT2D eigenvalue weighted by atomic mass is 10.1. The van der Waals surface area contributed by atoms with Gasteiger partial charge in [0, 0.05) is 50.1 Å². The van der Waals surface area contributed by atoms with Crippen LogP contribution in [0.5, 0.6) is 11.5 Å². The lowest BCUT2D eigenvalue weighted by Gasteiger charge is -2.16. The van der Waals surface area contributed by atoms with E-state index in [1.165, 1.54) is 45.2 Å². The molecule has 2 aromatic heterocycles. The Morgan fingerprint density at radius 2 is 0.768 bits per heavy atom. The Bertz CT molecular complexity index is 1580. The second-order valence-electron chi connectivity index (χ2n) is 11.2. The quantitative estimate of drug-likeness (QED) is 0.0224. The van der Waals surface area contributed by atoms with Gasteiger partial charge >= 0.3 is 0 Å². The summed E-state index contributed by atoms with van der Waals surface area (Å²) in [5.74, 6) is -3.97. The first-order valence-electron chi connectivity index (χ1n) is 17.3. The molecule has 0 N–H and O–H groups in total. The van der Waals surface area contributed by atoms with Gasteiger partial charge in [-0.05, 0) is 92.7 Å². The van der Waals surface area contributed by atoms with E-state index in [-0.39, 0.29) is 0 Å². The van der Waals surface area contributed by atoms with Crippen molar-refractivity contribution in [1.29, 1.82) is 0 Å². The molecular formula is C40H44F4I2N2O8. The number of methoxy groups -OCH3 is 2. The first-order valence-corrected chi connectivity index (χ1v) is 19.5. The fourth-order valence-electron chi connectivity index (χ4n) is 4.35. The third-order valence-corrected chi connectivity index (χ3v) is 9.09. The molecule has 304 valence electrons. The highest BCUT2D eigenvalue weighted by atomic mass is 127. The maximum Gasteiger partial charge on any atom is 0.176 e. The summed E-state index contributed by atoms with van der Waals surface area (Å²) in [6, 6.07) is 11.7. The van der Waals surface area contributed by atoms with Gasteiger partial charge in [-0.3, -0.25) is 9.97 Å². The second kappa shape index (κ2) is 28.2. The van der Waals surface area contributed by atoms with E-state index >= 15 is 0 Å². The number of benzene rings is 2. The van der Waals surface area contributed by atoms with Gasteiger partial charge in [-0.2, -0.15) is 0 Å². The van der Waals surface area contributed by atoms with Crippen LogP contribution >= 0.6 is 45.2 Å². The Kier molecular flexibility index (Phi) is 23.7. The van der Waals surface area contributed by atoms with Crippen LogP contribution in [0.3, 0.4) is 0 Å². The summed E-state index contributed by atoms with van der Waals surface area (Å²) >= 11 is 2.41. The van der Waals surface area contributed by atoms with Crippen LogP contribution in [0, 0.1) is 30.4 Å². The third-order valence-electron chi connectivity index (χ3n) is 7.20. The molecule has 0 unspecified atom stereocenters. The fourth-order valence-corrected chi connectivity index (χ4v) is 5.30. The topological polar surface area (TPSA) is 99.6 Å². The Labute approximate surface area is 351 Å². The van der Waals surface area contributed by atoms with E-state index in [2.05, 4.69) is 9.97 Å². The minimum atomic E-state index is -1.35. The van der Waals surface area contributed by atoms with Gasteiger partial charge in [0.2, 0.25) is 0 Å². The highest BCUT2D eigenvalue weighted by molar-refractivity contribution is 14.1. The Hall–Kier alpha value is -3.24. The summed E-state index contributed by atoms with van der Waals surface area (Å²) in [6.07, 6.45) is 15.1. The van der Waals surface area contributed by atoms with E-state index in [0.717, 1.165) is 22.3 Å². The Morgan fingerprint density at radius 1 is 0.464 bits per heavy atom. The molecule has 0 aliphatic carbocycles. The zero-order valence-electron chi connectivity index (χ0n) is 31.0. The fraction of sp³-hybridized carbons (Fsp3) is 0.350. The first kappa shape index (κ1) is 47.1. The van der Waals surface area contributed by atoms with Gasteiger partial charge in [0.05, 0.1) is 73.2 Å². The molecule has 0 aliphatic rings. The minimum absolute atomic E-state index is 0.377. The van der Waals surface area contributed by atoms with E-state index in [9.17, 15) is 17.6 Å². The van der Waals surface area contributed by atoms with Crippen molar-refractivity contribution >= 4 is 69.5 Å². The summed E-state index contributed by atoms with van der Waals surface area (Å²) in [7, 11) is 3.30. The number of hydrogen-bond donors (Lipinski definition) is 0. The van der Waals surface area contributed by atoms with Crippen LogP contribution in [0.2, 0.25) is 0 Å². The number of ether oxygens (including phenoxy) is 8. The predicted octanol–water partition coefficient (Wildman–Crippen LogP) is 8.39. The summed E-state index contributed by atoms with van der Waals surface area (Å²) in [6.45, 7) is 5.79. The van der Waals surface area contributed by atoms with E-state index in [1.54, 1.807) is 39.0 Å². The van der Waals surface area contributed by atoms with Gasteiger partial charge in [0.25, 0.3) is 0 Å². The number of pyridine rings is 2. The molecule has 2 aromatic carbocycles. The molecule has 0 saturated carbocycles. The van der Waals surface area contributed by atoms with Crippen molar-refractivity contribution in [3.05, 3.63) is 114 Å². The summed E-state index contributed by atoms with van der Waals surface area (Å²) in [5, 5.41) is 0. The van der Waals surface area contributed by atoms with E-state index in [1.807, 2.05) is 60.7 Å². The molecular weight excluding hydrogens is 966 g/mol. The third kappa shape index (κ3) is 17.5. The van der Waals surface area contributed by atoms with Crippen LogP contribution in [0.4, 0.5) is 17.6 Å². The molecule has 0 bridgehead atoms. The van der Waals surface area contributed by atoms with E-state index in [0.29, 0.717) is 90.8 Å². The molecule has 10 nitrogen and oxygen atoms in total. The monoisotopic (exact) mass is 1010 g/mol. The number of aromatic nitrogens is 2. The van der Waals surface area contributed by atoms with Crippen LogP contribution in [-0.2, 0) is 28.4 Å². The van der Waals surface area contributed by atoms with Crippen LogP contribution in [0.25, 0.3) is 24.3 Å². The number of rotatable bonds is 24. The minimum Gasteiger partial charge on any atom is -0.491 e. The zero-order chi connectivity index (χ0) is 40.4. The molecule has 0 spiro atoms. The molecule has 16 heteroatoms. The second-order valence-corrected chi connectivity index (χ2v) is 13.3. The maximum absolute atomic E-state index is 12.6. The highest BCUT2D eigenvalue weighted by Crippen LogP contribution is 2.32. The van der Waals surface area contributed by atoms with Crippen molar-refractivity contribution in [2.24, 2.45) is 0 Å².